The van der Waals surface area contributed by atoms with Crippen molar-refractivity contribution >= 4 is 0 Å². The van der Waals surface area contributed by atoms with Crippen molar-refractivity contribution in [2.75, 3.05) is 6.61 Å². The molecule has 0 amide bonds. The molecule has 0 spiro atoms. The molecule has 108 valence electrons. The van der Waals surface area contributed by atoms with Gasteiger partial charge in [-0.1, -0.05) is 18.1 Å². The Kier molecular flexibility index (Phi) is 4.81. The highest BCUT2D eigenvalue weighted by Crippen LogP contribution is 2.18. The van der Waals surface area contributed by atoms with E-state index in [0.717, 1.165) is 24.3 Å². The molecule has 2 N–H and O–H groups in total. The fraction of sp³-hybridized carbons (Fsp3) is 0.357. The number of aliphatic hydroxyl groups excluding tert-OH is 1. The van der Waals surface area contributed by atoms with Crippen LogP contribution in [0.15, 0.2) is 28.8 Å². The van der Waals surface area contributed by atoms with Gasteiger partial charge in [-0.2, -0.15) is 0 Å². The number of halogens is 2. The quantitative estimate of drug-likeness (QED) is 0.854. The van der Waals surface area contributed by atoms with Gasteiger partial charge in [-0.3, -0.25) is 0 Å². The summed E-state index contributed by atoms with van der Waals surface area (Å²) in [6.07, 6.45) is 0.739. The summed E-state index contributed by atoms with van der Waals surface area (Å²) in [6.45, 7) is 1.97. The molecule has 1 aromatic heterocycles. The molecule has 0 radical (unpaired) electrons. The summed E-state index contributed by atoms with van der Waals surface area (Å²) >= 11 is 0. The number of aromatic nitrogens is 1. The largest absolute Gasteiger partial charge is 0.394 e. The van der Waals surface area contributed by atoms with Crippen LogP contribution in [0.3, 0.4) is 0 Å². The van der Waals surface area contributed by atoms with E-state index in [1.54, 1.807) is 6.07 Å². The van der Waals surface area contributed by atoms with Gasteiger partial charge in [0, 0.05) is 30.7 Å². The van der Waals surface area contributed by atoms with Gasteiger partial charge in [0.2, 0.25) is 0 Å². The van der Waals surface area contributed by atoms with E-state index < -0.39 is 17.7 Å². The maximum Gasteiger partial charge on any atom is 0.136 e. The van der Waals surface area contributed by atoms with E-state index in [-0.39, 0.29) is 12.2 Å². The van der Waals surface area contributed by atoms with Crippen molar-refractivity contribution in [1.29, 1.82) is 0 Å². The lowest BCUT2D eigenvalue weighted by Gasteiger charge is -2.16. The van der Waals surface area contributed by atoms with Gasteiger partial charge >= 0.3 is 0 Å². The second-order valence-electron chi connectivity index (χ2n) is 4.42. The van der Waals surface area contributed by atoms with E-state index in [4.69, 9.17) is 4.52 Å². The molecule has 2 rings (SSSR count). The van der Waals surface area contributed by atoms with Gasteiger partial charge in [0.15, 0.2) is 0 Å². The zero-order valence-corrected chi connectivity index (χ0v) is 11.1. The van der Waals surface area contributed by atoms with E-state index >= 15 is 0 Å². The second-order valence-corrected chi connectivity index (χ2v) is 4.42. The fourth-order valence-corrected chi connectivity index (χ4v) is 1.89. The van der Waals surface area contributed by atoms with Gasteiger partial charge in [-0.05, 0) is 6.07 Å². The molecule has 0 aliphatic rings. The summed E-state index contributed by atoms with van der Waals surface area (Å²) < 4.78 is 31.6. The van der Waals surface area contributed by atoms with Crippen LogP contribution in [-0.4, -0.2) is 16.9 Å². The summed E-state index contributed by atoms with van der Waals surface area (Å²) in [7, 11) is 0. The topological polar surface area (TPSA) is 58.3 Å². The number of rotatable bonds is 6. The monoisotopic (exact) mass is 282 g/mol. The Balaban J connectivity index is 2.05. The first-order chi connectivity index (χ1) is 9.63. The van der Waals surface area contributed by atoms with E-state index in [1.165, 1.54) is 6.07 Å². The van der Waals surface area contributed by atoms with Gasteiger partial charge in [0.05, 0.1) is 18.3 Å². The average Bonchev–Trinajstić information content (AvgIpc) is 2.89. The first-order valence-corrected chi connectivity index (χ1v) is 6.37. The lowest BCUT2D eigenvalue weighted by molar-refractivity contribution is 0.239. The van der Waals surface area contributed by atoms with Crippen molar-refractivity contribution in [3.05, 3.63) is 52.9 Å². The Morgan fingerprint density at radius 2 is 2.15 bits per heavy atom. The highest BCUT2D eigenvalue weighted by atomic mass is 19.1. The minimum Gasteiger partial charge on any atom is -0.394 e. The number of hydrogen-bond acceptors (Lipinski definition) is 4. The minimum atomic E-state index is -0.689. The molecule has 1 aromatic carbocycles. The summed E-state index contributed by atoms with van der Waals surface area (Å²) in [5, 5.41) is 16.2. The molecule has 0 bridgehead atoms. The maximum absolute atomic E-state index is 13.6. The van der Waals surface area contributed by atoms with Crippen molar-refractivity contribution < 1.29 is 18.4 Å². The highest BCUT2D eigenvalue weighted by molar-refractivity contribution is 5.22. The van der Waals surface area contributed by atoms with Crippen LogP contribution < -0.4 is 5.32 Å². The Morgan fingerprint density at radius 3 is 2.75 bits per heavy atom. The van der Waals surface area contributed by atoms with Crippen LogP contribution in [0, 0.1) is 11.6 Å². The van der Waals surface area contributed by atoms with Crippen molar-refractivity contribution in [2.24, 2.45) is 0 Å². The van der Waals surface area contributed by atoms with Crippen molar-refractivity contribution in [2.45, 2.75) is 25.9 Å². The van der Waals surface area contributed by atoms with Crippen LogP contribution in [0.1, 0.15) is 30.0 Å². The molecule has 4 nitrogen and oxygen atoms in total. The summed E-state index contributed by atoms with van der Waals surface area (Å²) in [5.74, 6) is -0.576. The third-order valence-corrected chi connectivity index (χ3v) is 3.01. The predicted molar refractivity (Wildman–Crippen MR) is 68.9 cm³/mol. The molecule has 20 heavy (non-hydrogen) atoms. The van der Waals surface area contributed by atoms with Crippen molar-refractivity contribution in [3.63, 3.8) is 0 Å². The molecule has 0 aliphatic carbocycles. The van der Waals surface area contributed by atoms with Gasteiger partial charge in [-0.15, -0.1) is 0 Å². The SMILES string of the molecule is CCc1cc(CNC(CO)c2ccc(F)cc2F)no1. The van der Waals surface area contributed by atoms with Crippen LogP contribution in [-0.2, 0) is 13.0 Å². The molecule has 2 aromatic rings. The Morgan fingerprint density at radius 1 is 1.35 bits per heavy atom. The van der Waals surface area contributed by atoms with Crippen LogP contribution in [0.2, 0.25) is 0 Å². The minimum absolute atomic E-state index is 0.216. The normalized spacial score (nSPS) is 12.6. The molecule has 0 saturated heterocycles. The number of aliphatic hydroxyl groups is 1. The molecule has 1 unspecified atom stereocenters. The van der Waals surface area contributed by atoms with E-state index in [2.05, 4.69) is 10.5 Å². The van der Waals surface area contributed by atoms with Gasteiger partial charge in [0.1, 0.15) is 17.4 Å². The smallest absolute Gasteiger partial charge is 0.136 e. The lowest BCUT2D eigenvalue weighted by Crippen LogP contribution is -2.25. The van der Waals surface area contributed by atoms with Gasteiger partial charge < -0.3 is 14.9 Å². The van der Waals surface area contributed by atoms with E-state index in [0.29, 0.717) is 12.2 Å². The van der Waals surface area contributed by atoms with E-state index in [1.807, 2.05) is 6.92 Å². The molecule has 1 atom stereocenters. The third kappa shape index (κ3) is 3.40. The first-order valence-electron chi connectivity index (χ1n) is 6.37. The zero-order valence-electron chi connectivity index (χ0n) is 11.1. The van der Waals surface area contributed by atoms with Gasteiger partial charge in [0.25, 0.3) is 0 Å². The zero-order chi connectivity index (χ0) is 14.5. The predicted octanol–water partition coefficient (Wildman–Crippen LogP) is 2.34. The molecule has 0 aliphatic heterocycles. The summed E-state index contributed by atoms with van der Waals surface area (Å²) in [5.41, 5.74) is 0.885. The third-order valence-electron chi connectivity index (χ3n) is 3.01. The molecule has 6 heteroatoms. The fourth-order valence-electron chi connectivity index (χ4n) is 1.89. The Hall–Kier alpha value is -1.79. The molecule has 1 heterocycles. The first kappa shape index (κ1) is 14.6. The number of aryl methyl sites for hydroxylation is 1. The second kappa shape index (κ2) is 6.58. The number of nitrogens with zero attached hydrogens (tertiary/aromatic N) is 1. The maximum atomic E-state index is 13.6. The Bertz CT molecular complexity index is 572. The van der Waals surface area contributed by atoms with Crippen molar-refractivity contribution in [3.8, 4) is 0 Å². The van der Waals surface area contributed by atoms with Crippen molar-refractivity contribution in [1.82, 2.24) is 10.5 Å². The lowest BCUT2D eigenvalue weighted by atomic mass is 10.1. The molecular formula is C14H16F2N2O2. The van der Waals surface area contributed by atoms with Crippen LogP contribution in [0.5, 0.6) is 0 Å². The molecule has 0 fully saturated rings. The van der Waals surface area contributed by atoms with Gasteiger partial charge in [-0.25, -0.2) is 8.78 Å². The van der Waals surface area contributed by atoms with E-state index in [9.17, 15) is 13.9 Å². The molecular weight excluding hydrogens is 266 g/mol. The van der Waals surface area contributed by atoms with Crippen LogP contribution in [0.4, 0.5) is 8.78 Å². The summed E-state index contributed by atoms with van der Waals surface area (Å²) in [4.78, 5) is 0. The van der Waals surface area contributed by atoms with Crippen LogP contribution in [0.25, 0.3) is 0 Å². The highest BCUT2D eigenvalue weighted by Gasteiger charge is 2.16. The molecule has 0 saturated carbocycles. The summed E-state index contributed by atoms with van der Waals surface area (Å²) in [6, 6.07) is 4.44. The number of benzene rings is 1. The Labute approximate surface area is 115 Å². The number of nitrogens with one attached hydrogen (secondary N) is 1. The average molecular weight is 282 g/mol. The van der Waals surface area contributed by atoms with Crippen LogP contribution >= 0.6 is 0 Å². The standard InChI is InChI=1S/C14H16F2N2O2/c1-2-11-6-10(18-20-11)7-17-14(8-19)12-4-3-9(15)5-13(12)16/h3-6,14,17,19H,2,7-8H2,1H3. The number of hydrogen-bond donors (Lipinski definition) is 2.